The fourth-order valence-corrected chi connectivity index (χ4v) is 1.43. The predicted octanol–water partition coefficient (Wildman–Crippen LogP) is 3.71. The van der Waals surface area contributed by atoms with Crippen LogP contribution in [-0.4, -0.2) is 6.54 Å². The van der Waals surface area contributed by atoms with Crippen LogP contribution in [0.2, 0.25) is 0 Å². The Hall–Kier alpha value is -1.63. The summed E-state index contributed by atoms with van der Waals surface area (Å²) < 4.78 is 25.6. The van der Waals surface area contributed by atoms with Crippen LogP contribution in [0.4, 0.5) is 14.5 Å². The molecule has 2 nitrogen and oxygen atoms in total. The lowest BCUT2D eigenvalue weighted by atomic mass is 9.88. The zero-order valence-corrected chi connectivity index (χ0v) is 10.1. The van der Waals surface area contributed by atoms with E-state index in [9.17, 15) is 8.78 Å². The Morgan fingerprint density at radius 2 is 2.00 bits per heavy atom. The average Bonchev–Trinajstić information content (AvgIpc) is 2.28. The van der Waals surface area contributed by atoms with Gasteiger partial charge >= 0.3 is 0 Å². The standard InChI is InChI=1S/C13H16F2N2/c1-13(2,6-3-7-16)9-17-10-4-5-11(14)12(15)8-10/h4-5,8,17H,3,6,9H2,1-2H3. The van der Waals surface area contributed by atoms with Crippen LogP contribution in [0.5, 0.6) is 0 Å². The lowest BCUT2D eigenvalue weighted by Gasteiger charge is -2.24. The number of halogens is 2. The molecule has 0 bridgehead atoms. The molecule has 0 aliphatic heterocycles. The van der Waals surface area contributed by atoms with Gasteiger partial charge in [-0.1, -0.05) is 13.8 Å². The second-order valence-corrected chi connectivity index (χ2v) is 4.80. The van der Waals surface area contributed by atoms with E-state index in [2.05, 4.69) is 11.4 Å². The number of nitrogens with zero attached hydrogens (tertiary/aromatic N) is 1. The lowest BCUT2D eigenvalue weighted by Crippen LogP contribution is -2.22. The Morgan fingerprint density at radius 3 is 2.59 bits per heavy atom. The molecule has 4 heteroatoms. The number of benzene rings is 1. The van der Waals surface area contributed by atoms with E-state index in [0.29, 0.717) is 18.7 Å². The molecule has 0 heterocycles. The summed E-state index contributed by atoms with van der Waals surface area (Å²) in [6.07, 6.45) is 1.26. The van der Waals surface area contributed by atoms with Crippen molar-refractivity contribution >= 4 is 5.69 Å². The van der Waals surface area contributed by atoms with Crippen LogP contribution in [-0.2, 0) is 0 Å². The Labute approximate surface area is 100 Å². The summed E-state index contributed by atoms with van der Waals surface area (Å²) in [5, 5.41) is 11.6. The largest absolute Gasteiger partial charge is 0.384 e. The molecule has 0 amide bonds. The van der Waals surface area contributed by atoms with Crippen molar-refractivity contribution in [1.29, 1.82) is 5.26 Å². The minimum atomic E-state index is -0.857. The summed E-state index contributed by atoms with van der Waals surface area (Å²) in [5.74, 6) is -1.70. The van der Waals surface area contributed by atoms with E-state index in [4.69, 9.17) is 5.26 Å². The highest BCUT2D eigenvalue weighted by molar-refractivity contribution is 5.43. The molecule has 0 saturated heterocycles. The van der Waals surface area contributed by atoms with E-state index in [1.54, 1.807) is 0 Å². The summed E-state index contributed by atoms with van der Waals surface area (Å²) in [6, 6.07) is 5.83. The number of anilines is 1. The first-order chi connectivity index (χ1) is 7.94. The molecule has 1 N–H and O–H groups in total. The van der Waals surface area contributed by atoms with Crippen LogP contribution in [0.15, 0.2) is 18.2 Å². The number of nitrogens with one attached hydrogen (secondary N) is 1. The SMILES string of the molecule is CC(C)(CCC#N)CNc1ccc(F)c(F)c1. The maximum Gasteiger partial charge on any atom is 0.160 e. The van der Waals surface area contributed by atoms with Crippen molar-refractivity contribution in [3.05, 3.63) is 29.8 Å². The molecular weight excluding hydrogens is 222 g/mol. The quantitative estimate of drug-likeness (QED) is 0.848. The van der Waals surface area contributed by atoms with Crippen LogP contribution in [0.25, 0.3) is 0 Å². The molecule has 0 unspecified atom stereocenters. The Kier molecular flexibility index (Phi) is 4.45. The first-order valence-corrected chi connectivity index (χ1v) is 5.50. The predicted molar refractivity (Wildman–Crippen MR) is 63.5 cm³/mol. The molecule has 1 rings (SSSR count). The van der Waals surface area contributed by atoms with E-state index in [-0.39, 0.29) is 5.41 Å². The van der Waals surface area contributed by atoms with Crippen molar-refractivity contribution in [1.82, 2.24) is 0 Å². The molecule has 0 fully saturated rings. The van der Waals surface area contributed by atoms with E-state index < -0.39 is 11.6 Å². The Morgan fingerprint density at radius 1 is 1.29 bits per heavy atom. The summed E-state index contributed by atoms with van der Waals surface area (Å²) >= 11 is 0. The third kappa shape index (κ3) is 4.39. The maximum atomic E-state index is 12.9. The van der Waals surface area contributed by atoms with Gasteiger partial charge in [-0.05, 0) is 30.0 Å². The van der Waals surface area contributed by atoms with E-state index in [1.807, 2.05) is 13.8 Å². The van der Waals surface area contributed by atoms with Crippen molar-refractivity contribution in [2.24, 2.45) is 5.41 Å². The third-order valence-corrected chi connectivity index (χ3v) is 2.60. The minimum absolute atomic E-state index is 0.0550. The van der Waals surface area contributed by atoms with Gasteiger partial charge in [-0.25, -0.2) is 8.78 Å². The van der Waals surface area contributed by atoms with Crippen molar-refractivity contribution in [2.75, 3.05) is 11.9 Å². The number of hydrogen-bond acceptors (Lipinski definition) is 2. The molecule has 0 atom stereocenters. The molecule has 0 aliphatic carbocycles. The summed E-state index contributed by atoms with van der Waals surface area (Å²) in [4.78, 5) is 0. The summed E-state index contributed by atoms with van der Waals surface area (Å²) in [5.41, 5.74) is 0.495. The Bertz CT molecular complexity index is 422. The smallest absolute Gasteiger partial charge is 0.160 e. The molecule has 92 valence electrons. The molecule has 0 saturated carbocycles. The third-order valence-electron chi connectivity index (χ3n) is 2.60. The normalized spacial score (nSPS) is 11.0. The van der Waals surface area contributed by atoms with Crippen molar-refractivity contribution in [3.8, 4) is 6.07 Å². The topological polar surface area (TPSA) is 35.8 Å². The fraction of sp³-hybridized carbons (Fsp3) is 0.462. The van der Waals surface area contributed by atoms with Gasteiger partial charge < -0.3 is 5.32 Å². The van der Waals surface area contributed by atoms with Gasteiger partial charge in [0.1, 0.15) is 0 Å². The van der Waals surface area contributed by atoms with Gasteiger partial charge in [0.2, 0.25) is 0 Å². The number of hydrogen-bond donors (Lipinski definition) is 1. The highest BCUT2D eigenvalue weighted by atomic mass is 19.2. The molecule has 0 radical (unpaired) electrons. The summed E-state index contributed by atoms with van der Waals surface area (Å²) in [6.45, 7) is 4.66. The molecule has 0 spiro atoms. The van der Waals surface area contributed by atoms with E-state index in [1.165, 1.54) is 6.07 Å². The zero-order chi connectivity index (χ0) is 12.9. The van der Waals surface area contributed by atoms with Crippen LogP contribution < -0.4 is 5.32 Å². The maximum absolute atomic E-state index is 12.9. The second-order valence-electron chi connectivity index (χ2n) is 4.80. The fourth-order valence-electron chi connectivity index (χ4n) is 1.43. The highest BCUT2D eigenvalue weighted by Gasteiger charge is 2.17. The van der Waals surface area contributed by atoms with Crippen LogP contribution >= 0.6 is 0 Å². The molecule has 0 aliphatic rings. The highest BCUT2D eigenvalue weighted by Crippen LogP contribution is 2.23. The number of nitriles is 1. The van der Waals surface area contributed by atoms with Gasteiger partial charge in [0, 0.05) is 18.7 Å². The zero-order valence-electron chi connectivity index (χ0n) is 10.1. The van der Waals surface area contributed by atoms with Gasteiger partial charge in [-0.3, -0.25) is 0 Å². The van der Waals surface area contributed by atoms with E-state index >= 15 is 0 Å². The van der Waals surface area contributed by atoms with Crippen molar-refractivity contribution in [3.63, 3.8) is 0 Å². The summed E-state index contributed by atoms with van der Waals surface area (Å²) in [7, 11) is 0. The first-order valence-electron chi connectivity index (χ1n) is 5.50. The number of rotatable bonds is 5. The lowest BCUT2D eigenvalue weighted by molar-refractivity contribution is 0.363. The average molecular weight is 238 g/mol. The molecule has 0 aromatic heterocycles. The van der Waals surface area contributed by atoms with Crippen molar-refractivity contribution in [2.45, 2.75) is 26.7 Å². The molecule has 1 aromatic rings. The minimum Gasteiger partial charge on any atom is -0.384 e. The van der Waals surface area contributed by atoms with Gasteiger partial charge in [-0.15, -0.1) is 0 Å². The Balaban J connectivity index is 2.55. The van der Waals surface area contributed by atoms with Crippen LogP contribution in [0, 0.1) is 28.4 Å². The van der Waals surface area contributed by atoms with Gasteiger partial charge in [0.15, 0.2) is 11.6 Å². The van der Waals surface area contributed by atoms with Crippen molar-refractivity contribution < 1.29 is 8.78 Å². The molecule has 17 heavy (non-hydrogen) atoms. The van der Waals surface area contributed by atoms with Crippen LogP contribution in [0.1, 0.15) is 26.7 Å². The van der Waals surface area contributed by atoms with Crippen LogP contribution in [0.3, 0.4) is 0 Å². The van der Waals surface area contributed by atoms with Gasteiger partial charge in [-0.2, -0.15) is 5.26 Å². The first kappa shape index (κ1) is 13.4. The van der Waals surface area contributed by atoms with Gasteiger partial charge in [0.25, 0.3) is 0 Å². The monoisotopic (exact) mass is 238 g/mol. The van der Waals surface area contributed by atoms with E-state index in [0.717, 1.165) is 18.6 Å². The molecule has 1 aromatic carbocycles. The molecular formula is C13H16F2N2. The van der Waals surface area contributed by atoms with Gasteiger partial charge in [0.05, 0.1) is 6.07 Å². The second kappa shape index (κ2) is 5.62.